The van der Waals surface area contributed by atoms with Crippen LogP contribution in [0.1, 0.15) is 17.8 Å². The van der Waals surface area contributed by atoms with Gasteiger partial charge in [0.15, 0.2) is 0 Å². The highest BCUT2D eigenvalue weighted by Crippen LogP contribution is 2.14. The van der Waals surface area contributed by atoms with Crippen LogP contribution in [0.4, 0.5) is 4.79 Å². The number of aromatic nitrogens is 2. The van der Waals surface area contributed by atoms with Crippen LogP contribution in [0.5, 0.6) is 0 Å². The van der Waals surface area contributed by atoms with E-state index >= 15 is 0 Å². The highest BCUT2D eigenvalue weighted by molar-refractivity contribution is 5.74. The van der Waals surface area contributed by atoms with Crippen LogP contribution >= 0.6 is 0 Å². The molecule has 106 valence electrons. The number of aliphatic hydroxyl groups is 1. The zero-order chi connectivity index (χ0) is 13.8. The summed E-state index contributed by atoms with van der Waals surface area (Å²) in [6.07, 6.45) is 2.69. The predicted octanol–water partition coefficient (Wildman–Crippen LogP) is 0.524. The maximum absolute atomic E-state index is 11.9. The molecule has 6 nitrogen and oxygen atoms in total. The molecule has 0 unspecified atom stereocenters. The summed E-state index contributed by atoms with van der Waals surface area (Å²) in [4.78, 5) is 17.9. The molecule has 2 N–H and O–H groups in total. The first-order valence-corrected chi connectivity index (χ1v) is 6.73. The zero-order valence-electron chi connectivity index (χ0n) is 11.6. The van der Waals surface area contributed by atoms with E-state index in [9.17, 15) is 4.79 Å². The largest absolute Gasteiger partial charge is 0.396 e. The molecule has 19 heavy (non-hydrogen) atoms. The van der Waals surface area contributed by atoms with Crippen molar-refractivity contribution in [1.82, 2.24) is 19.8 Å². The van der Waals surface area contributed by atoms with Crippen molar-refractivity contribution in [2.45, 2.75) is 26.8 Å². The van der Waals surface area contributed by atoms with Gasteiger partial charge in [0.1, 0.15) is 0 Å². The molecule has 1 aliphatic heterocycles. The SMILES string of the molecule is Cc1ncn(CCNC(=O)N2CC[C@H](CO)C2)c1C. The second kappa shape index (κ2) is 6.06. The number of rotatable bonds is 4. The molecule has 0 aromatic carbocycles. The Labute approximate surface area is 113 Å². The molecule has 1 aromatic rings. The van der Waals surface area contributed by atoms with Gasteiger partial charge in [0.25, 0.3) is 0 Å². The van der Waals surface area contributed by atoms with Crippen molar-refractivity contribution in [2.24, 2.45) is 5.92 Å². The van der Waals surface area contributed by atoms with Gasteiger partial charge in [0.2, 0.25) is 0 Å². The average Bonchev–Trinajstić information content (AvgIpc) is 3.00. The lowest BCUT2D eigenvalue weighted by atomic mass is 10.1. The number of imidazole rings is 1. The van der Waals surface area contributed by atoms with Gasteiger partial charge >= 0.3 is 6.03 Å². The number of hydrogen-bond donors (Lipinski definition) is 2. The Kier molecular flexibility index (Phi) is 4.42. The second-order valence-corrected chi connectivity index (χ2v) is 5.12. The molecule has 6 heteroatoms. The molecule has 1 aliphatic rings. The molecule has 2 amide bonds. The van der Waals surface area contributed by atoms with Crippen molar-refractivity contribution in [3.8, 4) is 0 Å². The molecule has 1 aromatic heterocycles. The fourth-order valence-electron chi connectivity index (χ4n) is 2.33. The highest BCUT2D eigenvalue weighted by Gasteiger charge is 2.25. The fourth-order valence-corrected chi connectivity index (χ4v) is 2.33. The maximum Gasteiger partial charge on any atom is 0.317 e. The third-order valence-corrected chi connectivity index (χ3v) is 3.81. The van der Waals surface area contributed by atoms with Gasteiger partial charge in [-0.2, -0.15) is 0 Å². The lowest BCUT2D eigenvalue weighted by Crippen LogP contribution is -2.40. The number of carbonyl (C=O) groups excluding carboxylic acids is 1. The molecule has 0 saturated carbocycles. The van der Waals surface area contributed by atoms with Crippen LogP contribution < -0.4 is 5.32 Å². The minimum absolute atomic E-state index is 0.0366. The number of nitrogens with zero attached hydrogens (tertiary/aromatic N) is 3. The third kappa shape index (κ3) is 3.26. The number of likely N-dealkylation sites (tertiary alicyclic amines) is 1. The van der Waals surface area contributed by atoms with Crippen LogP contribution in [0, 0.1) is 19.8 Å². The molecule has 1 saturated heterocycles. The molecular weight excluding hydrogens is 244 g/mol. The van der Waals surface area contributed by atoms with Gasteiger partial charge in [0.05, 0.1) is 12.0 Å². The first kappa shape index (κ1) is 13.9. The molecule has 0 aliphatic carbocycles. The number of urea groups is 1. The van der Waals surface area contributed by atoms with Crippen molar-refractivity contribution >= 4 is 6.03 Å². The summed E-state index contributed by atoms with van der Waals surface area (Å²) in [6, 6.07) is -0.0366. The van der Waals surface area contributed by atoms with E-state index in [0.29, 0.717) is 13.1 Å². The van der Waals surface area contributed by atoms with Crippen molar-refractivity contribution in [1.29, 1.82) is 0 Å². The molecule has 0 spiro atoms. The minimum Gasteiger partial charge on any atom is -0.396 e. The summed E-state index contributed by atoms with van der Waals surface area (Å²) in [5, 5.41) is 12.0. The summed E-state index contributed by atoms with van der Waals surface area (Å²) in [6.45, 7) is 6.88. The first-order chi connectivity index (χ1) is 9.11. The Morgan fingerprint density at radius 1 is 1.58 bits per heavy atom. The summed E-state index contributed by atoms with van der Waals surface area (Å²) >= 11 is 0. The van der Waals surface area contributed by atoms with Crippen molar-refractivity contribution in [2.75, 3.05) is 26.2 Å². The number of hydrogen-bond acceptors (Lipinski definition) is 3. The Balaban J connectivity index is 1.74. The van der Waals surface area contributed by atoms with Crippen molar-refractivity contribution < 1.29 is 9.90 Å². The Morgan fingerprint density at radius 2 is 2.37 bits per heavy atom. The lowest BCUT2D eigenvalue weighted by molar-refractivity contribution is 0.198. The van der Waals surface area contributed by atoms with E-state index in [-0.39, 0.29) is 18.6 Å². The third-order valence-electron chi connectivity index (χ3n) is 3.81. The molecule has 0 radical (unpaired) electrons. The van der Waals surface area contributed by atoms with Crippen LogP contribution in [0.25, 0.3) is 0 Å². The van der Waals surface area contributed by atoms with Crippen LogP contribution in [-0.4, -0.2) is 51.8 Å². The molecular formula is C13H22N4O2. The van der Waals surface area contributed by atoms with Gasteiger partial charge in [-0.25, -0.2) is 9.78 Å². The maximum atomic E-state index is 11.9. The van der Waals surface area contributed by atoms with Gasteiger partial charge in [-0.05, 0) is 20.3 Å². The molecule has 0 bridgehead atoms. The van der Waals surface area contributed by atoms with E-state index in [1.807, 2.05) is 18.4 Å². The smallest absolute Gasteiger partial charge is 0.317 e. The van der Waals surface area contributed by atoms with Crippen LogP contribution in [0.3, 0.4) is 0 Å². The van der Waals surface area contributed by atoms with Crippen molar-refractivity contribution in [3.63, 3.8) is 0 Å². The Morgan fingerprint density at radius 3 is 2.95 bits per heavy atom. The number of aryl methyl sites for hydroxylation is 1. The summed E-state index contributed by atoms with van der Waals surface area (Å²) < 4.78 is 2.04. The lowest BCUT2D eigenvalue weighted by Gasteiger charge is -2.17. The van der Waals surface area contributed by atoms with E-state index in [4.69, 9.17) is 5.11 Å². The van der Waals surface area contributed by atoms with E-state index in [1.54, 1.807) is 11.2 Å². The van der Waals surface area contributed by atoms with E-state index in [0.717, 1.165) is 30.9 Å². The average molecular weight is 266 g/mol. The quantitative estimate of drug-likeness (QED) is 0.835. The fraction of sp³-hybridized carbons (Fsp3) is 0.692. The number of carbonyl (C=O) groups is 1. The van der Waals surface area contributed by atoms with Crippen molar-refractivity contribution in [3.05, 3.63) is 17.7 Å². The highest BCUT2D eigenvalue weighted by atomic mass is 16.3. The first-order valence-electron chi connectivity index (χ1n) is 6.73. The van der Waals surface area contributed by atoms with Crippen LogP contribution in [0.2, 0.25) is 0 Å². The van der Waals surface area contributed by atoms with Crippen LogP contribution in [0.15, 0.2) is 6.33 Å². The number of nitrogens with one attached hydrogen (secondary N) is 1. The number of aliphatic hydroxyl groups excluding tert-OH is 1. The minimum atomic E-state index is -0.0366. The molecule has 2 heterocycles. The molecule has 1 fully saturated rings. The normalized spacial score (nSPS) is 18.9. The topological polar surface area (TPSA) is 70.4 Å². The van der Waals surface area contributed by atoms with E-state index in [2.05, 4.69) is 10.3 Å². The molecule has 2 rings (SSSR count). The monoisotopic (exact) mass is 266 g/mol. The van der Waals surface area contributed by atoms with Gasteiger partial charge in [-0.1, -0.05) is 0 Å². The molecule has 1 atom stereocenters. The number of amides is 2. The van der Waals surface area contributed by atoms with E-state index < -0.39 is 0 Å². The summed E-state index contributed by atoms with van der Waals surface area (Å²) in [5.74, 6) is 0.240. The zero-order valence-corrected chi connectivity index (χ0v) is 11.6. The Bertz CT molecular complexity index is 444. The van der Waals surface area contributed by atoms with E-state index in [1.165, 1.54) is 0 Å². The predicted molar refractivity (Wildman–Crippen MR) is 71.9 cm³/mol. The summed E-state index contributed by atoms with van der Waals surface area (Å²) in [7, 11) is 0. The van der Waals surface area contributed by atoms with Gasteiger partial charge in [-0.3, -0.25) is 0 Å². The summed E-state index contributed by atoms with van der Waals surface area (Å²) in [5.41, 5.74) is 2.16. The van der Waals surface area contributed by atoms with Crippen LogP contribution in [-0.2, 0) is 6.54 Å². The second-order valence-electron chi connectivity index (χ2n) is 5.12. The Hall–Kier alpha value is -1.56. The van der Waals surface area contributed by atoms with Gasteiger partial charge in [0, 0.05) is 44.4 Å². The van der Waals surface area contributed by atoms with Gasteiger partial charge in [-0.15, -0.1) is 0 Å². The van der Waals surface area contributed by atoms with Gasteiger partial charge < -0.3 is 19.9 Å². The standard InChI is InChI=1S/C13H22N4O2/c1-10-11(2)17(9-15-10)6-4-14-13(19)16-5-3-12(7-16)8-18/h9,12,18H,3-8H2,1-2H3,(H,14,19)/t12-/m0/s1.